The average molecular weight is 590 g/mol. The van der Waals surface area contributed by atoms with Crippen molar-refractivity contribution in [2.75, 3.05) is 49.5 Å². The molecule has 2 aromatic heterocycles. The van der Waals surface area contributed by atoms with Crippen LogP contribution in [0.15, 0.2) is 30.6 Å². The summed E-state index contributed by atoms with van der Waals surface area (Å²) < 4.78 is 47.3. The van der Waals surface area contributed by atoms with E-state index in [1.54, 1.807) is 12.3 Å². The lowest BCUT2D eigenvalue weighted by molar-refractivity contribution is -0.138. The summed E-state index contributed by atoms with van der Waals surface area (Å²) in [7, 11) is 0. The van der Waals surface area contributed by atoms with Gasteiger partial charge in [0.25, 0.3) is 5.91 Å². The molecule has 1 amide bonds. The van der Waals surface area contributed by atoms with Gasteiger partial charge in [-0.15, -0.1) is 0 Å². The number of thiazole rings is 1. The summed E-state index contributed by atoms with van der Waals surface area (Å²) in [6, 6.07) is 4.38. The number of halogens is 3. The van der Waals surface area contributed by atoms with Crippen LogP contribution in [-0.2, 0) is 12.7 Å². The SMILES string of the molecule is CCCOc1ccc(-c2nc(NC(=O)c3cnc(N4CCNCC4)cn3)sc2CN2CCC[C@H]2C)cc1C(F)(F)F. The van der Waals surface area contributed by atoms with Gasteiger partial charge in [-0.05, 0) is 50.9 Å². The summed E-state index contributed by atoms with van der Waals surface area (Å²) >= 11 is 1.26. The molecule has 13 heteroatoms. The van der Waals surface area contributed by atoms with Crippen LogP contribution in [0.4, 0.5) is 24.1 Å². The molecule has 0 bridgehead atoms. The Morgan fingerprint density at radius 2 is 2.00 bits per heavy atom. The highest BCUT2D eigenvalue weighted by Crippen LogP contribution is 2.41. The van der Waals surface area contributed by atoms with Crippen molar-refractivity contribution in [3.63, 3.8) is 0 Å². The van der Waals surface area contributed by atoms with Crippen molar-refractivity contribution in [2.24, 2.45) is 0 Å². The number of nitrogens with zero attached hydrogens (tertiary/aromatic N) is 5. The minimum Gasteiger partial charge on any atom is -0.493 e. The fourth-order valence-electron chi connectivity index (χ4n) is 5.04. The highest BCUT2D eigenvalue weighted by Gasteiger charge is 2.35. The molecule has 0 radical (unpaired) electrons. The molecular formula is C28H34F3N7O2S. The summed E-state index contributed by atoms with van der Waals surface area (Å²) in [4.78, 5) is 31.5. The summed E-state index contributed by atoms with van der Waals surface area (Å²) in [6.45, 7) is 8.91. The molecule has 0 aliphatic carbocycles. The normalized spacial score (nSPS) is 18.1. The van der Waals surface area contributed by atoms with Gasteiger partial charge in [0, 0.05) is 49.2 Å². The van der Waals surface area contributed by atoms with Gasteiger partial charge in [-0.3, -0.25) is 15.0 Å². The Morgan fingerprint density at radius 3 is 2.66 bits per heavy atom. The maximum Gasteiger partial charge on any atom is 0.419 e. The molecule has 2 saturated heterocycles. The van der Waals surface area contributed by atoms with Crippen LogP contribution in [0.25, 0.3) is 11.3 Å². The molecular weight excluding hydrogens is 555 g/mol. The van der Waals surface area contributed by atoms with Gasteiger partial charge >= 0.3 is 6.18 Å². The molecule has 2 aliphatic rings. The molecule has 2 fully saturated rings. The zero-order valence-electron chi connectivity index (χ0n) is 23.1. The number of rotatable bonds is 9. The van der Waals surface area contributed by atoms with E-state index in [1.165, 1.54) is 23.6 Å². The van der Waals surface area contributed by atoms with Crippen LogP contribution >= 0.6 is 11.3 Å². The first-order valence-corrected chi connectivity index (χ1v) is 14.7. The predicted molar refractivity (Wildman–Crippen MR) is 153 cm³/mol. The number of nitrogens with one attached hydrogen (secondary N) is 2. The fourth-order valence-corrected chi connectivity index (χ4v) is 6.05. The monoisotopic (exact) mass is 589 g/mol. The number of piperazine rings is 1. The van der Waals surface area contributed by atoms with Crippen LogP contribution in [0.5, 0.6) is 5.75 Å². The van der Waals surface area contributed by atoms with Gasteiger partial charge in [0.1, 0.15) is 17.3 Å². The van der Waals surface area contributed by atoms with Crippen LogP contribution < -0.4 is 20.3 Å². The molecule has 1 aromatic carbocycles. The van der Waals surface area contributed by atoms with Gasteiger partial charge in [-0.2, -0.15) is 13.2 Å². The lowest BCUT2D eigenvalue weighted by atomic mass is 10.1. The summed E-state index contributed by atoms with van der Waals surface area (Å²) in [5.41, 5.74) is 0.0199. The minimum atomic E-state index is -4.59. The maximum absolute atomic E-state index is 14.0. The molecule has 220 valence electrons. The Bertz CT molecular complexity index is 1340. The molecule has 4 heterocycles. The second kappa shape index (κ2) is 12.7. The van der Waals surface area contributed by atoms with E-state index >= 15 is 0 Å². The molecule has 2 aliphatic heterocycles. The molecule has 0 spiro atoms. The van der Waals surface area contributed by atoms with Crippen molar-refractivity contribution in [1.82, 2.24) is 25.2 Å². The number of aromatic nitrogens is 3. The second-order valence-corrected chi connectivity index (χ2v) is 11.3. The van der Waals surface area contributed by atoms with Crippen LogP contribution in [0.2, 0.25) is 0 Å². The predicted octanol–water partition coefficient (Wildman–Crippen LogP) is 5.05. The number of amides is 1. The van der Waals surface area contributed by atoms with E-state index in [1.807, 2.05) is 6.92 Å². The summed E-state index contributed by atoms with van der Waals surface area (Å²) in [6.07, 6.45) is 1.12. The Morgan fingerprint density at radius 1 is 1.20 bits per heavy atom. The first-order valence-electron chi connectivity index (χ1n) is 13.9. The number of carbonyl (C=O) groups excluding carboxylic acids is 1. The van der Waals surface area contributed by atoms with E-state index in [9.17, 15) is 18.0 Å². The molecule has 1 atom stereocenters. The zero-order valence-corrected chi connectivity index (χ0v) is 23.9. The van der Waals surface area contributed by atoms with Crippen LogP contribution in [0, 0.1) is 0 Å². The number of hydrogen-bond acceptors (Lipinski definition) is 9. The van der Waals surface area contributed by atoms with Crippen LogP contribution in [-0.4, -0.2) is 71.1 Å². The molecule has 41 heavy (non-hydrogen) atoms. The van der Waals surface area contributed by atoms with Gasteiger partial charge in [-0.1, -0.05) is 18.3 Å². The van der Waals surface area contributed by atoms with Gasteiger partial charge < -0.3 is 15.0 Å². The van der Waals surface area contributed by atoms with Crippen molar-refractivity contribution in [3.8, 4) is 17.0 Å². The Balaban J connectivity index is 1.42. The van der Waals surface area contributed by atoms with Gasteiger partial charge in [-0.25, -0.2) is 15.0 Å². The van der Waals surface area contributed by atoms with Gasteiger partial charge in [0.15, 0.2) is 5.13 Å². The van der Waals surface area contributed by atoms with E-state index in [2.05, 4.69) is 42.3 Å². The van der Waals surface area contributed by atoms with E-state index in [0.717, 1.165) is 56.5 Å². The fraction of sp³-hybridized carbons (Fsp3) is 0.500. The van der Waals surface area contributed by atoms with Crippen LogP contribution in [0.1, 0.15) is 54.0 Å². The standard InChI is InChI=1S/C28H34F3N7O2S/c1-3-13-40-22-7-6-19(14-20(22)28(29,30)31)25-23(17-38-10-4-5-18(38)2)41-27(35-25)36-26(39)21-15-34-24(16-33-21)37-11-8-32-9-12-37/h6-7,14-16,18,32H,3-5,8-13,17H2,1-2H3,(H,35,36,39)/t18-/m1/s1. The first kappa shape index (κ1) is 29.2. The highest BCUT2D eigenvalue weighted by molar-refractivity contribution is 7.16. The van der Waals surface area contributed by atoms with Gasteiger partial charge in [0.2, 0.25) is 0 Å². The summed E-state index contributed by atoms with van der Waals surface area (Å²) in [5.74, 6) is 0.0166. The molecule has 0 saturated carbocycles. The van der Waals surface area contributed by atoms with Crippen LogP contribution in [0.3, 0.4) is 0 Å². The first-order chi connectivity index (χ1) is 19.7. The number of likely N-dealkylation sites (tertiary alicyclic amines) is 1. The Kier molecular flexibility index (Phi) is 9.05. The molecule has 0 unspecified atom stereocenters. The number of hydrogen-bond donors (Lipinski definition) is 2. The molecule has 5 rings (SSSR count). The quantitative estimate of drug-likeness (QED) is 0.358. The number of anilines is 2. The highest BCUT2D eigenvalue weighted by atomic mass is 32.1. The van der Waals surface area contributed by atoms with Gasteiger partial charge in [0.05, 0.1) is 30.3 Å². The maximum atomic E-state index is 14.0. The minimum absolute atomic E-state index is 0.132. The van der Waals surface area contributed by atoms with Crippen molar-refractivity contribution >= 4 is 28.2 Å². The zero-order chi connectivity index (χ0) is 29.0. The largest absolute Gasteiger partial charge is 0.493 e. The van der Waals surface area contributed by atoms with E-state index < -0.39 is 17.6 Å². The third-order valence-corrected chi connectivity index (χ3v) is 8.24. The smallest absolute Gasteiger partial charge is 0.419 e. The molecule has 3 aromatic rings. The van der Waals surface area contributed by atoms with Crippen molar-refractivity contribution in [2.45, 2.75) is 51.9 Å². The van der Waals surface area contributed by atoms with E-state index in [0.29, 0.717) is 41.2 Å². The van der Waals surface area contributed by atoms with E-state index in [4.69, 9.17) is 4.74 Å². The lowest BCUT2D eigenvalue weighted by Gasteiger charge is -2.27. The molecule has 2 N–H and O–H groups in total. The number of ether oxygens (including phenoxy) is 1. The summed E-state index contributed by atoms with van der Waals surface area (Å²) in [5, 5.41) is 6.36. The number of carbonyl (C=O) groups is 1. The third kappa shape index (κ3) is 6.96. The van der Waals surface area contributed by atoms with Crippen molar-refractivity contribution in [3.05, 3.63) is 46.7 Å². The Labute approximate surface area is 241 Å². The van der Waals surface area contributed by atoms with E-state index in [-0.39, 0.29) is 18.1 Å². The topological polar surface area (TPSA) is 95.5 Å². The average Bonchev–Trinajstić information content (AvgIpc) is 3.57. The van der Waals surface area contributed by atoms with Crippen molar-refractivity contribution in [1.29, 1.82) is 0 Å². The lowest BCUT2D eigenvalue weighted by Crippen LogP contribution is -2.44. The molecule has 9 nitrogen and oxygen atoms in total. The Hall–Kier alpha value is -3.29. The number of benzene rings is 1. The number of alkyl halides is 3. The van der Waals surface area contributed by atoms with Crippen molar-refractivity contribution < 1.29 is 22.7 Å². The second-order valence-electron chi connectivity index (χ2n) is 10.3. The third-order valence-electron chi connectivity index (χ3n) is 7.29.